The predicted molar refractivity (Wildman–Crippen MR) is 90.3 cm³/mol. The summed E-state index contributed by atoms with van der Waals surface area (Å²) in [7, 11) is 1.68. The standard InChI is InChI=1S/C16H15BrN2OS/c1-20-14-6-4-12(5-7-14)11-19-15(9-13(10-17)18-19)16-3-2-8-21-16/h2-9H,10-11H2,1H3. The van der Waals surface area contributed by atoms with Crippen LogP contribution in [0, 0.1) is 0 Å². The Morgan fingerprint density at radius 1 is 1.24 bits per heavy atom. The van der Waals surface area contributed by atoms with Crippen molar-refractivity contribution in [2.75, 3.05) is 7.11 Å². The molecule has 108 valence electrons. The molecule has 3 aromatic rings. The minimum absolute atomic E-state index is 0.754. The second-order valence-corrected chi connectivity index (χ2v) is 6.15. The highest BCUT2D eigenvalue weighted by Crippen LogP contribution is 2.27. The smallest absolute Gasteiger partial charge is 0.118 e. The summed E-state index contributed by atoms with van der Waals surface area (Å²) in [6.07, 6.45) is 0. The molecule has 0 saturated heterocycles. The fourth-order valence-electron chi connectivity index (χ4n) is 2.18. The number of ether oxygens (including phenoxy) is 1. The van der Waals surface area contributed by atoms with Crippen molar-refractivity contribution in [3.05, 3.63) is 59.1 Å². The molecule has 0 aliphatic carbocycles. The number of thiophene rings is 1. The van der Waals surface area contributed by atoms with Gasteiger partial charge in [0.25, 0.3) is 0 Å². The zero-order valence-corrected chi connectivity index (χ0v) is 14.0. The lowest BCUT2D eigenvalue weighted by Crippen LogP contribution is -2.03. The number of nitrogens with zero attached hydrogens (tertiary/aromatic N) is 2. The summed E-state index contributed by atoms with van der Waals surface area (Å²) < 4.78 is 7.26. The van der Waals surface area contributed by atoms with Gasteiger partial charge in [0, 0.05) is 5.33 Å². The van der Waals surface area contributed by atoms with E-state index in [4.69, 9.17) is 4.74 Å². The molecule has 2 aromatic heterocycles. The van der Waals surface area contributed by atoms with Crippen LogP contribution in [-0.2, 0) is 11.9 Å². The number of hydrogen-bond acceptors (Lipinski definition) is 3. The lowest BCUT2D eigenvalue weighted by molar-refractivity contribution is 0.414. The van der Waals surface area contributed by atoms with E-state index >= 15 is 0 Å². The van der Waals surface area contributed by atoms with Gasteiger partial charge >= 0.3 is 0 Å². The fourth-order valence-corrected chi connectivity index (χ4v) is 3.20. The van der Waals surface area contributed by atoms with Crippen molar-refractivity contribution in [1.82, 2.24) is 9.78 Å². The second kappa shape index (κ2) is 6.45. The number of halogens is 1. The first-order valence-electron chi connectivity index (χ1n) is 6.59. The molecule has 0 N–H and O–H groups in total. The highest BCUT2D eigenvalue weighted by Gasteiger charge is 2.10. The third-order valence-corrected chi connectivity index (χ3v) is 4.70. The molecule has 3 nitrogen and oxygen atoms in total. The summed E-state index contributed by atoms with van der Waals surface area (Å²) in [5.74, 6) is 0.874. The van der Waals surface area contributed by atoms with Crippen molar-refractivity contribution in [1.29, 1.82) is 0 Å². The molecule has 0 radical (unpaired) electrons. The average Bonchev–Trinajstić information content (AvgIpc) is 3.17. The van der Waals surface area contributed by atoms with Crippen LogP contribution in [0.5, 0.6) is 5.75 Å². The Bertz CT molecular complexity index is 704. The summed E-state index contributed by atoms with van der Waals surface area (Å²) in [5.41, 5.74) is 3.42. The molecule has 0 atom stereocenters. The Labute approximate surface area is 136 Å². The zero-order valence-electron chi connectivity index (χ0n) is 11.6. The first-order chi connectivity index (χ1) is 10.3. The van der Waals surface area contributed by atoms with Crippen molar-refractivity contribution in [3.63, 3.8) is 0 Å². The number of alkyl halides is 1. The molecule has 0 bridgehead atoms. The highest BCUT2D eigenvalue weighted by molar-refractivity contribution is 9.08. The van der Waals surface area contributed by atoms with Gasteiger partial charge in [-0.3, -0.25) is 4.68 Å². The van der Waals surface area contributed by atoms with Gasteiger partial charge in [-0.05, 0) is 35.2 Å². The van der Waals surface area contributed by atoms with Gasteiger partial charge in [-0.15, -0.1) is 11.3 Å². The van der Waals surface area contributed by atoms with E-state index in [1.807, 2.05) is 12.1 Å². The van der Waals surface area contributed by atoms with Gasteiger partial charge in [0.1, 0.15) is 5.75 Å². The van der Waals surface area contributed by atoms with Crippen molar-refractivity contribution >= 4 is 27.3 Å². The van der Waals surface area contributed by atoms with E-state index in [2.05, 4.69) is 61.4 Å². The lowest BCUT2D eigenvalue weighted by Gasteiger charge is -2.07. The van der Waals surface area contributed by atoms with Crippen LogP contribution in [-0.4, -0.2) is 16.9 Å². The van der Waals surface area contributed by atoms with Crippen LogP contribution in [0.3, 0.4) is 0 Å². The first kappa shape index (κ1) is 14.4. The normalized spacial score (nSPS) is 10.8. The van der Waals surface area contributed by atoms with E-state index in [-0.39, 0.29) is 0 Å². The monoisotopic (exact) mass is 362 g/mol. The van der Waals surface area contributed by atoms with Gasteiger partial charge in [0.05, 0.1) is 29.9 Å². The van der Waals surface area contributed by atoms with Gasteiger partial charge in [0.15, 0.2) is 0 Å². The Kier molecular flexibility index (Phi) is 4.41. The minimum Gasteiger partial charge on any atom is -0.497 e. The van der Waals surface area contributed by atoms with Crippen molar-refractivity contribution in [2.45, 2.75) is 11.9 Å². The van der Waals surface area contributed by atoms with E-state index < -0.39 is 0 Å². The number of hydrogen-bond donors (Lipinski definition) is 0. The third-order valence-electron chi connectivity index (χ3n) is 3.23. The van der Waals surface area contributed by atoms with Gasteiger partial charge in [0.2, 0.25) is 0 Å². The molecule has 1 aromatic carbocycles. The van der Waals surface area contributed by atoms with Crippen LogP contribution in [0.2, 0.25) is 0 Å². The largest absolute Gasteiger partial charge is 0.497 e. The molecule has 5 heteroatoms. The van der Waals surface area contributed by atoms with Gasteiger partial charge < -0.3 is 4.74 Å². The molecule has 21 heavy (non-hydrogen) atoms. The van der Waals surface area contributed by atoms with Gasteiger partial charge in [-0.25, -0.2) is 0 Å². The van der Waals surface area contributed by atoms with Crippen LogP contribution in [0.4, 0.5) is 0 Å². The quantitative estimate of drug-likeness (QED) is 0.622. The molecule has 0 fully saturated rings. The van der Waals surface area contributed by atoms with E-state index in [1.165, 1.54) is 10.4 Å². The topological polar surface area (TPSA) is 27.1 Å². The van der Waals surface area contributed by atoms with E-state index in [0.717, 1.165) is 29.0 Å². The van der Waals surface area contributed by atoms with Crippen molar-refractivity contribution in [2.24, 2.45) is 0 Å². The van der Waals surface area contributed by atoms with E-state index in [0.29, 0.717) is 0 Å². The summed E-state index contributed by atoms with van der Waals surface area (Å²) in [6, 6.07) is 14.5. The third kappa shape index (κ3) is 3.19. The summed E-state index contributed by atoms with van der Waals surface area (Å²) in [4.78, 5) is 1.24. The Morgan fingerprint density at radius 2 is 2.05 bits per heavy atom. The maximum absolute atomic E-state index is 5.20. The molecule has 0 saturated carbocycles. The van der Waals surface area contributed by atoms with Gasteiger partial charge in [-0.2, -0.15) is 5.10 Å². The number of rotatable bonds is 5. The Balaban J connectivity index is 1.91. The van der Waals surface area contributed by atoms with E-state index in [9.17, 15) is 0 Å². The fraction of sp³-hybridized carbons (Fsp3) is 0.188. The van der Waals surface area contributed by atoms with Crippen LogP contribution < -0.4 is 4.74 Å². The minimum atomic E-state index is 0.754. The van der Waals surface area contributed by atoms with Crippen LogP contribution >= 0.6 is 27.3 Å². The summed E-state index contributed by atoms with van der Waals surface area (Å²) in [5, 5.41) is 7.52. The average molecular weight is 363 g/mol. The molecule has 0 aliphatic heterocycles. The summed E-state index contributed by atoms with van der Waals surface area (Å²) in [6.45, 7) is 0.754. The summed E-state index contributed by atoms with van der Waals surface area (Å²) >= 11 is 5.22. The maximum Gasteiger partial charge on any atom is 0.118 e. The molecule has 2 heterocycles. The molecule has 0 unspecified atom stereocenters. The molecular weight excluding hydrogens is 348 g/mol. The predicted octanol–water partition coefficient (Wildman–Crippen LogP) is 4.56. The van der Waals surface area contributed by atoms with Crippen LogP contribution in [0.1, 0.15) is 11.3 Å². The molecular formula is C16H15BrN2OS. The number of methoxy groups -OCH3 is 1. The highest BCUT2D eigenvalue weighted by atomic mass is 79.9. The Morgan fingerprint density at radius 3 is 2.67 bits per heavy atom. The van der Waals surface area contributed by atoms with E-state index in [1.54, 1.807) is 18.4 Å². The SMILES string of the molecule is COc1ccc(Cn2nc(CBr)cc2-c2cccs2)cc1. The lowest BCUT2D eigenvalue weighted by atomic mass is 10.2. The molecule has 0 amide bonds. The Hall–Kier alpha value is -1.59. The van der Waals surface area contributed by atoms with Crippen molar-refractivity contribution < 1.29 is 4.74 Å². The first-order valence-corrected chi connectivity index (χ1v) is 8.60. The zero-order chi connectivity index (χ0) is 14.7. The number of aromatic nitrogens is 2. The second-order valence-electron chi connectivity index (χ2n) is 4.64. The molecule has 3 rings (SSSR count). The molecule has 0 aliphatic rings. The molecule has 0 spiro atoms. The number of benzene rings is 1. The van der Waals surface area contributed by atoms with Crippen LogP contribution in [0.15, 0.2) is 47.8 Å². The maximum atomic E-state index is 5.20. The van der Waals surface area contributed by atoms with Crippen LogP contribution in [0.25, 0.3) is 10.6 Å². The van der Waals surface area contributed by atoms with Gasteiger partial charge in [-0.1, -0.05) is 34.1 Å². The van der Waals surface area contributed by atoms with Crippen molar-refractivity contribution in [3.8, 4) is 16.3 Å².